The first-order valence-electron chi connectivity index (χ1n) is 6.35. The van der Waals surface area contributed by atoms with Gasteiger partial charge < -0.3 is 15.3 Å². The smallest absolute Gasteiger partial charge is 0.323 e. The van der Waals surface area contributed by atoms with Crippen molar-refractivity contribution < 1.29 is 9.90 Å². The summed E-state index contributed by atoms with van der Waals surface area (Å²) in [5, 5.41) is 12.5. The lowest BCUT2D eigenvalue weighted by atomic mass is 9.93. The minimum absolute atomic E-state index is 0.638. The molecule has 0 aliphatic carbocycles. The fraction of sp³-hybridized carbons (Fsp3) is 0.917. The Morgan fingerprint density at radius 3 is 2.31 bits per heavy atom. The Bertz CT molecular complexity index is 221. The molecule has 0 bridgehead atoms. The molecule has 0 saturated carbocycles. The van der Waals surface area contributed by atoms with Gasteiger partial charge in [0.25, 0.3) is 0 Å². The van der Waals surface area contributed by atoms with Crippen molar-refractivity contribution in [3.05, 3.63) is 0 Å². The van der Waals surface area contributed by atoms with Gasteiger partial charge in [0.2, 0.25) is 0 Å². The molecular formula is C12H24N2O2. The largest absolute Gasteiger partial charge is 0.480 e. The molecule has 1 heterocycles. The molecule has 2 N–H and O–H groups in total. The molecule has 0 aromatic rings. The Kier molecular flexibility index (Phi) is 5.22. The topological polar surface area (TPSA) is 52.6 Å². The van der Waals surface area contributed by atoms with Crippen LogP contribution in [0.1, 0.15) is 39.5 Å². The number of likely N-dealkylation sites (tertiary alicyclic amines) is 1. The van der Waals surface area contributed by atoms with E-state index < -0.39 is 11.5 Å². The Hall–Kier alpha value is -0.610. The molecule has 0 spiro atoms. The first kappa shape index (κ1) is 13.5. The van der Waals surface area contributed by atoms with Crippen molar-refractivity contribution in [2.75, 3.05) is 26.2 Å². The van der Waals surface area contributed by atoms with Gasteiger partial charge in [0.1, 0.15) is 5.54 Å². The van der Waals surface area contributed by atoms with E-state index in [0.717, 1.165) is 13.1 Å². The molecule has 0 radical (unpaired) electrons. The third-order valence-corrected chi connectivity index (χ3v) is 3.71. The van der Waals surface area contributed by atoms with Crippen LogP contribution >= 0.6 is 0 Å². The van der Waals surface area contributed by atoms with Crippen LogP contribution in [0.15, 0.2) is 0 Å². The quantitative estimate of drug-likeness (QED) is 0.690. The van der Waals surface area contributed by atoms with Gasteiger partial charge in [-0.1, -0.05) is 13.8 Å². The molecule has 1 fully saturated rings. The van der Waals surface area contributed by atoms with Gasteiger partial charge >= 0.3 is 5.97 Å². The van der Waals surface area contributed by atoms with Crippen LogP contribution in [-0.2, 0) is 4.79 Å². The highest BCUT2D eigenvalue weighted by atomic mass is 16.4. The number of carbonyl (C=O) groups is 1. The highest BCUT2D eigenvalue weighted by Crippen LogP contribution is 2.15. The Morgan fingerprint density at radius 1 is 1.31 bits per heavy atom. The van der Waals surface area contributed by atoms with E-state index in [-0.39, 0.29) is 0 Å². The fourth-order valence-corrected chi connectivity index (χ4v) is 2.34. The summed E-state index contributed by atoms with van der Waals surface area (Å²) in [5.41, 5.74) is -0.722. The van der Waals surface area contributed by atoms with E-state index in [4.69, 9.17) is 0 Å². The number of carboxylic acid groups (broad SMARTS) is 1. The lowest BCUT2D eigenvalue weighted by molar-refractivity contribution is -0.145. The molecule has 1 rings (SSSR count). The Balaban J connectivity index is 2.34. The van der Waals surface area contributed by atoms with E-state index in [0.29, 0.717) is 12.8 Å². The number of carboxylic acids is 1. The third-order valence-electron chi connectivity index (χ3n) is 3.71. The van der Waals surface area contributed by atoms with E-state index in [1.165, 1.54) is 25.9 Å². The van der Waals surface area contributed by atoms with Crippen LogP contribution < -0.4 is 5.32 Å². The van der Waals surface area contributed by atoms with Crippen molar-refractivity contribution in [1.82, 2.24) is 10.2 Å². The van der Waals surface area contributed by atoms with Crippen molar-refractivity contribution in [2.24, 2.45) is 0 Å². The zero-order valence-corrected chi connectivity index (χ0v) is 10.5. The summed E-state index contributed by atoms with van der Waals surface area (Å²) in [4.78, 5) is 13.6. The van der Waals surface area contributed by atoms with Gasteiger partial charge in [-0.2, -0.15) is 0 Å². The average Bonchev–Trinajstić information content (AvgIpc) is 2.77. The van der Waals surface area contributed by atoms with Crippen LogP contribution in [-0.4, -0.2) is 47.7 Å². The van der Waals surface area contributed by atoms with Crippen molar-refractivity contribution >= 4 is 5.97 Å². The van der Waals surface area contributed by atoms with Gasteiger partial charge in [-0.05, 0) is 38.8 Å². The van der Waals surface area contributed by atoms with Crippen LogP contribution in [0.2, 0.25) is 0 Å². The lowest BCUT2D eigenvalue weighted by Crippen LogP contribution is -2.53. The van der Waals surface area contributed by atoms with Crippen LogP contribution in [0, 0.1) is 0 Å². The molecule has 1 aliphatic rings. The second-order valence-corrected chi connectivity index (χ2v) is 4.57. The third kappa shape index (κ3) is 3.19. The van der Waals surface area contributed by atoms with Crippen molar-refractivity contribution in [2.45, 2.75) is 45.1 Å². The zero-order valence-electron chi connectivity index (χ0n) is 10.5. The zero-order chi connectivity index (χ0) is 12.0. The van der Waals surface area contributed by atoms with Gasteiger partial charge in [0.05, 0.1) is 0 Å². The van der Waals surface area contributed by atoms with Crippen LogP contribution in [0.25, 0.3) is 0 Å². The number of aliphatic carboxylic acids is 1. The summed E-state index contributed by atoms with van der Waals surface area (Å²) in [6, 6.07) is 0. The van der Waals surface area contributed by atoms with Gasteiger partial charge in [-0.15, -0.1) is 0 Å². The predicted molar refractivity (Wildman–Crippen MR) is 64.6 cm³/mol. The fourth-order valence-electron chi connectivity index (χ4n) is 2.34. The van der Waals surface area contributed by atoms with Crippen molar-refractivity contribution in [3.63, 3.8) is 0 Å². The monoisotopic (exact) mass is 228 g/mol. The van der Waals surface area contributed by atoms with Crippen molar-refractivity contribution in [3.8, 4) is 0 Å². The van der Waals surface area contributed by atoms with Crippen LogP contribution in [0.4, 0.5) is 0 Å². The summed E-state index contributed by atoms with van der Waals surface area (Å²) in [6.45, 7) is 7.93. The molecular weight excluding hydrogens is 204 g/mol. The molecule has 1 aliphatic heterocycles. The normalized spacial score (nSPS) is 17.9. The number of hydrogen-bond acceptors (Lipinski definition) is 3. The highest BCUT2D eigenvalue weighted by Gasteiger charge is 2.33. The maximum Gasteiger partial charge on any atom is 0.323 e. The second kappa shape index (κ2) is 6.21. The van der Waals surface area contributed by atoms with E-state index in [9.17, 15) is 9.90 Å². The molecule has 0 atom stereocenters. The number of rotatable bonds is 7. The van der Waals surface area contributed by atoms with Gasteiger partial charge in [0, 0.05) is 13.1 Å². The Morgan fingerprint density at radius 2 is 1.88 bits per heavy atom. The van der Waals surface area contributed by atoms with E-state index in [1.54, 1.807) is 0 Å². The molecule has 4 heteroatoms. The Labute approximate surface area is 98.0 Å². The summed E-state index contributed by atoms with van der Waals surface area (Å²) >= 11 is 0. The number of hydrogen-bond donors (Lipinski definition) is 2. The van der Waals surface area contributed by atoms with Gasteiger partial charge in [0.15, 0.2) is 0 Å². The average molecular weight is 228 g/mol. The van der Waals surface area contributed by atoms with E-state index in [1.807, 2.05) is 13.8 Å². The molecule has 16 heavy (non-hydrogen) atoms. The maximum absolute atomic E-state index is 11.2. The van der Waals surface area contributed by atoms with Crippen LogP contribution in [0.5, 0.6) is 0 Å². The number of nitrogens with zero attached hydrogens (tertiary/aromatic N) is 1. The van der Waals surface area contributed by atoms with Gasteiger partial charge in [-0.25, -0.2) is 0 Å². The first-order chi connectivity index (χ1) is 7.64. The second-order valence-electron chi connectivity index (χ2n) is 4.57. The standard InChI is InChI=1S/C12H24N2O2/c1-3-12(4-2,11(15)16)13-7-10-14-8-5-6-9-14/h13H,3-10H2,1-2H3,(H,15,16). The molecule has 0 aromatic heterocycles. The SMILES string of the molecule is CCC(CC)(NCCN1CCCC1)C(=O)O. The van der Waals surface area contributed by atoms with E-state index >= 15 is 0 Å². The molecule has 4 nitrogen and oxygen atoms in total. The highest BCUT2D eigenvalue weighted by molar-refractivity contribution is 5.78. The minimum Gasteiger partial charge on any atom is -0.480 e. The summed E-state index contributed by atoms with van der Waals surface area (Å²) in [6.07, 6.45) is 3.84. The summed E-state index contributed by atoms with van der Waals surface area (Å²) < 4.78 is 0. The van der Waals surface area contributed by atoms with Crippen molar-refractivity contribution in [1.29, 1.82) is 0 Å². The molecule has 94 valence electrons. The van der Waals surface area contributed by atoms with Crippen LogP contribution in [0.3, 0.4) is 0 Å². The lowest BCUT2D eigenvalue weighted by Gasteiger charge is -2.29. The molecule has 0 amide bonds. The first-order valence-corrected chi connectivity index (χ1v) is 6.35. The number of nitrogens with one attached hydrogen (secondary N) is 1. The summed E-state index contributed by atoms with van der Waals surface area (Å²) in [5.74, 6) is -0.723. The molecule has 1 saturated heterocycles. The minimum atomic E-state index is -0.723. The maximum atomic E-state index is 11.2. The summed E-state index contributed by atoms with van der Waals surface area (Å²) in [7, 11) is 0. The predicted octanol–water partition coefficient (Wildman–Crippen LogP) is 1.32. The van der Waals surface area contributed by atoms with Gasteiger partial charge in [-0.3, -0.25) is 4.79 Å². The van der Waals surface area contributed by atoms with E-state index in [2.05, 4.69) is 10.2 Å². The molecule has 0 aromatic carbocycles. The molecule has 0 unspecified atom stereocenters.